The van der Waals surface area contributed by atoms with Crippen molar-refractivity contribution in [1.82, 2.24) is 5.32 Å². The van der Waals surface area contributed by atoms with Gasteiger partial charge in [-0.15, -0.1) is 0 Å². The second-order valence-electron chi connectivity index (χ2n) is 4.71. The van der Waals surface area contributed by atoms with E-state index >= 15 is 0 Å². The largest absolute Gasteiger partial charge is 0.462 e. The molecule has 0 aliphatic rings. The molecule has 0 saturated heterocycles. The van der Waals surface area contributed by atoms with Crippen LogP contribution in [0.3, 0.4) is 0 Å². The lowest BCUT2D eigenvalue weighted by atomic mass is 10.1. The van der Waals surface area contributed by atoms with Gasteiger partial charge in [0.2, 0.25) is 5.91 Å². The molecule has 4 nitrogen and oxygen atoms in total. The van der Waals surface area contributed by atoms with E-state index in [4.69, 9.17) is 4.42 Å². The first-order valence-electron chi connectivity index (χ1n) is 7.03. The highest BCUT2D eigenvalue weighted by Gasteiger charge is 2.04. The van der Waals surface area contributed by atoms with Gasteiger partial charge in [0, 0.05) is 18.3 Å². The molecule has 1 amide bonds. The Morgan fingerprint density at radius 2 is 2.05 bits per heavy atom. The quantitative estimate of drug-likeness (QED) is 0.800. The van der Waals surface area contributed by atoms with Crippen molar-refractivity contribution in [1.29, 1.82) is 0 Å². The van der Waals surface area contributed by atoms with Crippen LogP contribution in [0, 0.1) is 6.92 Å². The van der Waals surface area contributed by atoms with E-state index in [-0.39, 0.29) is 5.91 Å². The standard InChI is InChI=1S/C17H20N2O2/c1-3-18-12-14-6-4-5-7-16(14)19-17(20)11-10-15-9-8-13(2)21-15/h4-11,18H,3,12H2,1-2H3,(H,19,20)/b11-10+. The van der Waals surface area contributed by atoms with Crippen molar-refractivity contribution in [3.63, 3.8) is 0 Å². The molecule has 0 saturated carbocycles. The lowest BCUT2D eigenvalue weighted by Crippen LogP contribution is -2.15. The number of furan rings is 1. The van der Waals surface area contributed by atoms with E-state index in [1.807, 2.05) is 43.3 Å². The second kappa shape index (κ2) is 7.45. The lowest BCUT2D eigenvalue weighted by Gasteiger charge is -2.09. The van der Waals surface area contributed by atoms with Gasteiger partial charge in [0.15, 0.2) is 0 Å². The number of carbonyl (C=O) groups excluding carboxylic acids is 1. The molecule has 2 rings (SSSR count). The van der Waals surface area contributed by atoms with E-state index in [1.165, 1.54) is 6.08 Å². The molecule has 0 spiro atoms. The van der Waals surface area contributed by atoms with Crippen molar-refractivity contribution in [2.75, 3.05) is 11.9 Å². The van der Waals surface area contributed by atoms with Gasteiger partial charge in [-0.2, -0.15) is 0 Å². The van der Waals surface area contributed by atoms with Crippen LogP contribution >= 0.6 is 0 Å². The molecular weight excluding hydrogens is 264 g/mol. The van der Waals surface area contributed by atoms with Crippen LogP contribution in [0.25, 0.3) is 6.08 Å². The molecule has 1 aromatic heterocycles. The van der Waals surface area contributed by atoms with Crippen molar-refractivity contribution in [2.24, 2.45) is 0 Å². The first-order valence-corrected chi connectivity index (χ1v) is 7.03. The van der Waals surface area contributed by atoms with Gasteiger partial charge in [0.25, 0.3) is 0 Å². The summed E-state index contributed by atoms with van der Waals surface area (Å²) in [5.41, 5.74) is 1.89. The second-order valence-corrected chi connectivity index (χ2v) is 4.71. The van der Waals surface area contributed by atoms with Crippen LogP contribution in [0.2, 0.25) is 0 Å². The average Bonchev–Trinajstić information content (AvgIpc) is 2.90. The van der Waals surface area contributed by atoms with Crippen molar-refractivity contribution in [2.45, 2.75) is 20.4 Å². The predicted molar refractivity (Wildman–Crippen MR) is 84.9 cm³/mol. The Kier molecular flexibility index (Phi) is 5.35. The van der Waals surface area contributed by atoms with E-state index in [0.717, 1.165) is 30.1 Å². The average molecular weight is 284 g/mol. The number of rotatable bonds is 6. The fraction of sp³-hybridized carbons (Fsp3) is 0.235. The third-order valence-corrected chi connectivity index (χ3v) is 3.00. The predicted octanol–water partition coefficient (Wildman–Crippen LogP) is 3.35. The zero-order valence-electron chi connectivity index (χ0n) is 12.3. The smallest absolute Gasteiger partial charge is 0.248 e. The number of amides is 1. The molecule has 110 valence electrons. The summed E-state index contributed by atoms with van der Waals surface area (Å²) in [6.45, 7) is 5.54. The monoisotopic (exact) mass is 284 g/mol. The SMILES string of the molecule is CCNCc1ccccc1NC(=O)/C=C/c1ccc(C)o1. The van der Waals surface area contributed by atoms with E-state index < -0.39 is 0 Å². The Bertz CT molecular complexity index is 629. The van der Waals surface area contributed by atoms with E-state index in [2.05, 4.69) is 17.6 Å². The van der Waals surface area contributed by atoms with Gasteiger partial charge in [-0.25, -0.2) is 0 Å². The fourth-order valence-electron chi connectivity index (χ4n) is 1.93. The van der Waals surface area contributed by atoms with Crippen LogP contribution < -0.4 is 10.6 Å². The normalized spacial score (nSPS) is 11.0. The molecule has 2 N–H and O–H groups in total. The number of carbonyl (C=O) groups is 1. The van der Waals surface area contributed by atoms with Gasteiger partial charge in [-0.3, -0.25) is 4.79 Å². The summed E-state index contributed by atoms with van der Waals surface area (Å²) in [6, 6.07) is 11.5. The molecule has 21 heavy (non-hydrogen) atoms. The maximum atomic E-state index is 12.0. The number of benzene rings is 1. The first kappa shape index (κ1) is 15.1. The molecule has 0 unspecified atom stereocenters. The van der Waals surface area contributed by atoms with Gasteiger partial charge >= 0.3 is 0 Å². The van der Waals surface area contributed by atoms with Gasteiger partial charge in [0.05, 0.1) is 0 Å². The number of hydrogen-bond acceptors (Lipinski definition) is 3. The van der Waals surface area contributed by atoms with Crippen LogP contribution in [0.5, 0.6) is 0 Å². The third kappa shape index (κ3) is 4.61. The Labute approximate surface area is 124 Å². The van der Waals surface area contributed by atoms with Crippen molar-refractivity contribution < 1.29 is 9.21 Å². The van der Waals surface area contributed by atoms with Gasteiger partial charge in [-0.05, 0) is 43.3 Å². The van der Waals surface area contributed by atoms with Crippen LogP contribution in [0.15, 0.2) is 46.9 Å². The number of hydrogen-bond donors (Lipinski definition) is 2. The van der Waals surface area contributed by atoms with E-state index in [9.17, 15) is 4.79 Å². The summed E-state index contributed by atoms with van der Waals surface area (Å²) in [6.07, 6.45) is 3.14. The molecule has 0 aliphatic carbocycles. The molecule has 0 fully saturated rings. The van der Waals surface area contributed by atoms with E-state index in [1.54, 1.807) is 6.08 Å². The van der Waals surface area contributed by atoms with Crippen molar-refractivity contribution >= 4 is 17.7 Å². The number of anilines is 1. The summed E-state index contributed by atoms with van der Waals surface area (Å²) in [4.78, 5) is 12.0. The third-order valence-electron chi connectivity index (χ3n) is 3.00. The highest BCUT2D eigenvalue weighted by Crippen LogP contribution is 2.15. The van der Waals surface area contributed by atoms with Crippen molar-refractivity contribution in [3.05, 3.63) is 59.6 Å². The van der Waals surface area contributed by atoms with Gasteiger partial charge in [0.1, 0.15) is 11.5 Å². The minimum atomic E-state index is -0.173. The highest BCUT2D eigenvalue weighted by molar-refractivity contribution is 6.02. The Balaban J connectivity index is 2.00. The summed E-state index contributed by atoms with van der Waals surface area (Å²) >= 11 is 0. The zero-order chi connectivity index (χ0) is 15.1. The molecule has 0 radical (unpaired) electrons. The van der Waals surface area contributed by atoms with Crippen LogP contribution in [0.4, 0.5) is 5.69 Å². The van der Waals surface area contributed by atoms with Crippen LogP contribution in [-0.4, -0.2) is 12.5 Å². The Morgan fingerprint density at radius 3 is 2.76 bits per heavy atom. The molecule has 2 aromatic rings. The minimum Gasteiger partial charge on any atom is -0.462 e. The van der Waals surface area contributed by atoms with Gasteiger partial charge < -0.3 is 15.1 Å². The zero-order valence-corrected chi connectivity index (χ0v) is 12.3. The molecule has 0 atom stereocenters. The Hall–Kier alpha value is -2.33. The maximum Gasteiger partial charge on any atom is 0.248 e. The van der Waals surface area contributed by atoms with E-state index in [0.29, 0.717) is 5.76 Å². The van der Waals surface area contributed by atoms with Crippen LogP contribution in [-0.2, 0) is 11.3 Å². The fourth-order valence-corrected chi connectivity index (χ4v) is 1.93. The highest BCUT2D eigenvalue weighted by atomic mass is 16.3. The topological polar surface area (TPSA) is 54.3 Å². The molecule has 4 heteroatoms. The molecular formula is C17H20N2O2. The summed E-state index contributed by atoms with van der Waals surface area (Å²) in [7, 11) is 0. The molecule has 0 aliphatic heterocycles. The minimum absolute atomic E-state index is 0.173. The summed E-state index contributed by atoms with van der Waals surface area (Å²) < 4.78 is 5.38. The molecule has 1 heterocycles. The number of para-hydroxylation sites is 1. The summed E-state index contributed by atoms with van der Waals surface area (Å²) in [5.74, 6) is 1.32. The molecule has 0 bridgehead atoms. The molecule has 1 aromatic carbocycles. The van der Waals surface area contributed by atoms with Crippen molar-refractivity contribution in [3.8, 4) is 0 Å². The summed E-state index contributed by atoms with van der Waals surface area (Å²) in [5, 5.41) is 6.14. The number of aryl methyl sites for hydroxylation is 1. The lowest BCUT2D eigenvalue weighted by molar-refractivity contribution is -0.111. The number of nitrogens with one attached hydrogen (secondary N) is 2. The van der Waals surface area contributed by atoms with Crippen LogP contribution in [0.1, 0.15) is 24.0 Å². The first-order chi connectivity index (χ1) is 10.2. The Morgan fingerprint density at radius 1 is 1.24 bits per heavy atom. The maximum absolute atomic E-state index is 12.0. The van der Waals surface area contributed by atoms with Gasteiger partial charge in [-0.1, -0.05) is 25.1 Å².